The van der Waals surface area contributed by atoms with Crippen LogP contribution in [0.3, 0.4) is 0 Å². The molecular weight excluding hydrogens is 206 g/mol. The Labute approximate surface area is 92.6 Å². The second-order valence-corrected chi connectivity index (χ2v) is 4.03. The molecule has 2 aromatic rings. The molecule has 6 heteroatoms. The predicted molar refractivity (Wildman–Crippen MR) is 56.8 cm³/mol. The molecule has 2 heterocycles. The summed E-state index contributed by atoms with van der Waals surface area (Å²) < 4.78 is 6.91. The molecule has 1 N–H and O–H groups in total. The highest BCUT2D eigenvalue weighted by Gasteiger charge is 2.28. The van der Waals surface area contributed by atoms with E-state index >= 15 is 0 Å². The van der Waals surface area contributed by atoms with E-state index in [4.69, 9.17) is 4.52 Å². The summed E-state index contributed by atoms with van der Waals surface area (Å²) in [7, 11) is 1.90. The average Bonchev–Trinajstić information content (AvgIpc) is 2.89. The maximum atomic E-state index is 5.10. The molecule has 1 aliphatic rings. The molecule has 0 radical (unpaired) electrons. The van der Waals surface area contributed by atoms with Crippen molar-refractivity contribution in [3.8, 4) is 0 Å². The Balaban J connectivity index is 1.63. The molecular formula is C10H13N5O. The van der Waals surface area contributed by atoms with Crippen molar-refractivity contribution in [2.24, 2.45) is 7.05 Å². The summed E-state index contributed by atoms with van der Waals surface area (Å²) >= 11 is 0. The Morgan fingerprint density at radius 2 is 2.44 bits per heavy atom. The van der Waals surface area contributed by atoms with Crippen molar-refractivity contribution in [3.05, 3.63) is 23.8 Å². The molecule has 16 heavy (non-hydrogen) atoms. The number of aromatic nitrogens is 4. The van der Waals surface area contributed by atoms with E-state index in [9.17, 15) is 0 Å². The van der Waals surface area contributed by atoms with Crippen LogP contribution < -0.4 is 5.32 Å². The molecule has 0 aliphatic heterocycles. The van der Waals surface area contributed by atoms with E-state index in [0.717, 1.165) is 11.5 Å². The van der Waals surface area contributed by atoms with Crippen molar-refractivity contribution < 1.29 is 4.52 Å². The summed E-state index contributed by atoms with van der Waals surface area (Å²) in [6.45, 7) is 0.642. The molecule has 3 rings (SSSR count). The lowest BCUT2D eigenvalue weighted by atomic mass is 10.4. The van der Waals surface area contributed by atoms with Gasteiger partial charge in [-0.3, -0.25) is 4.68 Å². The first-order valence-corrected chi connectivity index (χ1v) is 5.37. The molecule has 1 saturated carbocycles. The van der Waals surface area contributed by atoms with Gasteiger partial charge in [0.15, 0.2) is 5.82 Å². The number of anilines is 1. The fraction of sp³-hybridized carbons (Fsp3) is 0.500. The van der Waals surface area contributed by atoms with Crippen LogP contribution in [0.25, 0.3) is 0 Å². The van der Waals surface area contributed by atoms with Crippen molar-refractivity contribution in [1.82, 2.24) is 19.9 Å². The van der Waals surface area contributed by atoms with Crippen LogP contribution in [0.2, 0.25) is 0 Å². The topological polar surface area (TPSA) is 68.8 Å². The summed E-state index contributed by atoms with van der Waals surface area (Å²) in [4.78, 5) is 4.28. The molecule has 0 unspecified atom stereocenters. The Morgan fingerprint density at radius 3 is 3.12 bits per heavy atom. The van der Waals surface area contributed by atoms with Gasteiger partial charge in [-0.05, 0) is 18.9 Å². The third-order valence-corrected chi connectivity index (χ3v) is 2.73. The van der Waals surface area contributed by atoms with Gasteiger partial charge in [-0.25, -0.2) is 0 Å². The lowest BCUT2D eigenvalue weighted by Gasteiger charge is -2.00. The monoisotopic (exact) mass is 219 g/mol. The van der Waals surface area contributed by atoms with Gasteiger partial charge < -0.3 is 9.84 Å². The van der Waals surface area contributed by atoms with Gasteiger partial charge in [0, 0.05) is 19.2 Å². The van der Waals surface area contributed by atoms with E-state index in [1.54, 1.807) is 6.20 Å². The van der Waals surface area contributed by atoms with Gasteiger partial charge in [0.2, 0.25) is 0 Å². The van der Waals surface area contributed by atoms with Gasteiger partial charge in [0.05, 0.1) is 12.2 Å². The molecule has 0 saturated heterocycles. The Hall–Kier alpha value is -1.85. The maximum absolute atomic E-state index is 5.10. The summed E-state index contributed by atoms with van der Waals surface area (Å²) in [6.07, 6.45) is 4.13. The first-order valence-electron chi connectivity index (χ1n) is 5.37. The quantitative estimate of drug-likeness (QED) is 0.839. The fourth-order valence-electron chi connectivity index (χ4n) is 1.55. The molecule has 84 valence electrons. The van der Waals surface area contributed by atoms with Crippen LogP contribution >= 0.6 is 0 Å². The second kappa shape index (κ2) is 3.62. The highest BCUT2D eigenvalue weighted by molar-refractivity contribution is 5.22. The van der Waals surface area contributed by atoms with E-state index in [0.29, 0.717) is 18.5 Å². The normalized spacial score (nSPS) is 15.3. The van der Waals surface area contributed by atoms with Crippen molar-refractivity contribution >= 4 is 6.01 Å². The first kappa shape index (κ1) is 9.38. The van der Waals surface area contributed by atoms with Crippen LogP contribution in [-0.4, -0.2) is 19.9 Å². The largest absolute Gasteiger partial charge is 0.332 e. The van der Waals surface area contributed by atoms with Gasteiger partial charge >= 0.3 is 6.01 Å². The van der Waals surface area contributed by atoms with Crippen LogP contribution in [0.5, 0.6) is 0 Å². The van der Waals surface area contributed by atoms with Crippen molar-refractivity contribution in [1.29, 1.82) is 0 Å². The van der Waals surface area contributed by atoms with Crippen LogP contribution in [0.1, 0.15) is 30.3 Å². The number of aryl methyl sites for hydroxylation is 1. The van der Waals surface area contributed by atoms with Crippen LogP contribution in [0, 0.1) is 0 Å². The lowest BCUT2D eigenvalue weighted by Crippen LogP contribution is -2.05. The van der Waals surface area contributed by atoms with E-state index in [1.807, 2.05) is 17.8 Å². The van der Waals surface area contributed by atoms with E-state index in [-0.39, 0.29) is 0 Å². The Kier molecular flexibility index (Phi) is 2.12. The van der Waals surface area contributed by atoms with Gasteiger partial charge in [0.1, 0.15) is 0 Å². The van der Waals surface area contributed by atoms with Crippen LogP contribution in [-0.2, 0) is 13.6 Å². The number of nitrogens with one attached hydrogen (secondary N) is 1. The minimum Gasteiger partial charge on any atom is -0.332 e. The van der Waals surface area contributed by atoms with Crippen molar-refractivity contribution in [3.63, 3.8) is 0 Å². The van der Waals surface area contributed by atoms with Gasteiger partial charge in [0.25, 0.3) is 0 Å². The lowest BCUT2D eigenvalue weighted by molar-refractivity contribution is 0.422. The first-order chi connectivity index (χ1) is 7.83. The second-order valence-electron chi connectivity index (χ2n) is 4.03. The number of nitrogens with zero attached hydrogens (tertiary/aromatic N) is 4. The summed E-state index contributed by atoms with van der Waals surface area (Å²) in [6, 6.07) is 2.44. The Bertz CT molecular complexity index is 485. The molecule has 0 atom stereocenters. The van der Waals surface area contributed by atoms with E-state index in [1.165, 1.54) is 12.8 Å². The number of hydrogen-bond acceptors (Lipinski definition) is 5. The average molecular weight is 219 g/mol. The minimum atomic E-state index is 0.489. The van der Waals surface area contributed by atoms with Gasteiger partial charge in [-0.1, -0.05) is 5.16 Å². The SMILES string of the molecule is Cn1nccc1CNc1nc(C2CC2)no1. The van der Waals surface area contributed by atoms with Gasteiger partial charge in [-0.15, -0.1) is 0 Å². The molecule has 0 bridgehead atoms. The smallest absolute Gasteiger partial charge is 0.321 e. The van der Waals surface area contributed by atoms with E-state index < -0.39 is 0 Å². The molecule has 0 aromatic carbocycles. The highest BCUT2D eigenvalue weighted by atomic mass is 16.5. The summed E-state index contributed by atoms with van der Waals surface area (Å²) in [5.74, 6) is 1.35. The van der Waals surface area contributed by atoms with Crippen LogP contribution in [0.4, 0.5) is 6.01 Å². The molecule has 0 spiro atoms. The molecule has 6 nitrogen and oxygen atoms in total. The molecule has 1 fully saturated rings. The standard InChI is InChI=1S/C10H13N5O/c1-15-8(4-5-12-15)6-11-10-13-9(14-16-10)7-2-3-7/h4-5,7H,2-3,6H2,1H3,(H,11,13,14). The van der Waals surface area contributed by atoms with Crippen molar-refractivity contribution in [2.75, 3.05) is 5.32 Å². The highest BCUT2D eigenvalue weighted by Crippen LogP contribution is 2.38. The third kappa shape index (κ3) is 1.78. The molecule has 1 aliphatic carbocycles. The third-order valence-electron chi connectivity index (χ3n) is 2.73. The van der Waals surface area contributed by atoms with Crippen LogP contribution in [0.15, 0.2) is 16.8 Å². The number of hydrogen-bond donors (Lipinski definition) is 1. The zero-order valence-corrected chi connectivity index (χ0v) is 9.05. The van der Waals surface area contributed by atoms with Crippen molar-refractivity contribution in [2.45, 2.75) is 25.3 Å². The minimum absolute atomic E-state index is 0.489. The number of rotatable bonds is 4. The summed E-state index contributed by atoms with van der Waals surface area (Å²) in [5, 5.41) is 11.1. The summed E-state index contributed by atoms with van der Waals surface area (Å²) in [5.41, 5.74) is 1.08. The zero-order chi connectivity index (χ0) is 11.0. The Morgan fingerprint density at radius 1 is 1.56 bits per heavy atom. The predicted octanol–water partition coefficient (Wildman–Crippen LogP) is 1.29. The molecule has 0 amide bonds. The fourth-order valence-corrected chi connectivity index (χ4v) is 1.55. The van der Waals surface area contributed by atoms with E-state index in [2.05, 4.69) is 20.6 Å². The van der Waals surface area contributed by atoms with Gasteiger partial charge in [-0.2, -0.15) is 10.1 Å². The zero-order valence-electron chi connectivity index (χ0n) is 9.05. The maximum Gasteiger partial charge on any atom is 0.321 e. The molecule has 2 aromatic heterocycles.